The van der Waals surface area contributed by atoms with E-state index in [1.54, 1.807) is 0 Å². The van der Waals surface area contributed by atoms with Crippen LogP contribution in [-0.2, 0) is 20.4 Å². The van der Waals surface area contributed by atoms with Crippen molar-refractivity contribution in [3.05, 3.63) is 78.9 Å². The van der Waals surface area contributed by atoms with Gasteiger partial charge in [-0.25, -0.2) is 0 Å². The van der Waals surface area contributed by atoms with E-state index in [-0.39, 0.29) is 23.5 Å². The van der Waals surface area contributed by atoms with Crippen LogP contribution in [0.2, 0.25) is 0 Å². The first-order chi connectivity index (χ1) is 16.3. The molecule has 0 aliphatic carbocycles. The molecule has 5 heteroatoms. The van der Waals surface area contributed by atoms with Crippen molar-refractivity contribution in [3.8, 4) is 11.5 Å². The maximum atomic E-state index is 6.18. The van der Waals surface area contributed by atoms with Crippen LogP contribution in [-0.4, -0.2) is 25.8 Å². The lowest BCUT2D eigenvalue weighted by Gasteiger charge is -2.24. The number of hydrogen-bond donors (Lipinski definition) is 0. The van der Waals surface area contributed by atoms with Gasteiger partial charge in [0.05, 0.1) is 24.1 Å². The van der Waals surface area contributed by atoms with Gasteiger partial charge in [-0.1, -0.05) is 30.3 Å². The molecule has 0 aromatic heterocycles. The normalized spacial score (nSPS) is 21.8. The molecular weight excluding hydrogens is 432 g/mol. The Hall–Kier alpha value is -2.47. The largest absolute Gasteiger partial charge is 0.465 e. The molecule has 0 N–H and O–H groups in total. The van der Waals surface area contributed by atoms with Crippen LogP contribution in [0, 0.1) is 0 Å². The average molecular weight is 464 g/mol. The van der Waals surface area contributed by atoms with E-state index in [2.05, 4.69) is 66.7 Å². The minimum atomic E-state index is -0.290. The Morgan fingerprint density at radius 2 is 1.09 bits per heavy atom. The summed E-state index contributed by atoms with van der Waals surface area (Å²) in [5.74, 6) is 1.71. The van der Waals surface area contributed by atoms with Gasteiger partial charge in [-0.05, 0) is 62.1 Å². The van der Waals surface area contributed by atoms with Crippen molar-refractivity contribution < 1.29 is 18.9 Å². The van der Waals surface area contributed by atoms with Crippen LogP contribution >= 0.6 is 0 Å². The molecule has 172 valence electrons. The fourth-order valence-electron chi connectivity index (χ4n) is 4.23. The number of rotatable bonds is 7. The molecule has 2 heterocycles. The summed E-state index contributed by atoms with van der Waals surface area (Å²) in [6.45, 7) is 1.55. The van der Waals surface area contributed by atoms with E-state index in [0.717, 1.165) is 63.2 Å². The predicted octanol–water partition coefficient (Wildman–Crippen LogP) is 6.59. The zero-order valence-corrected chi connectivity index (χ0v) is 19.7. The van der Waals surface area contributed by atoms with Crippen LogP contribution in [0.25, 0.3) is 0 Å². The van der Waals surface area contributed by atoms with Gasteiger partial charge in [0.2, 0.25) is 0 Å². The number of ether oxygens (including phenoxy) is 4. The Morgan fingerprint density at radius 3 is 1.58 bits per heavy atom. The molecule has 0 spiro atoms. The van der Waals surface area contributed by atoms with E-state index in [1.807, 2.05) is 12.1 Å². The van der Waals surface area contributed by atoms with Crippen LogP contribution in [0.1, 0.15) is 38.5 Å². The van der Waals surface area contributed by atoms with Gasteiger partial charge in [-0.3, -0.25) is 0 Å². The zero-order valence-electron chi connectivity index (χ0n) is 18.9. The van der Waals surface area contributed by atoms with Crippen LogP contribution in [0.15, 0.2) is 93.5 Å². The Kier molecular flexibility index (Phi) is 7.51. The summed E-state index contributed by atoms with van der Waals surface area (Å²) in [5.41, 5.74) is 0. The second-order valence-electron chi connectivity index (χ2n) is 8.40. The Bertz CT molecular complexity index is 950. The van der Waals surface area contributed by atoms with E-state index in [9.17, 15) is 0 Å². The summed E-state index contributed by atoms with van der Waals surface area (Å²) in [6, 6.07) is 27.5. The molecule has 0 amide bonds. The molecule has 0 bridgehead atoms. The Labute approximate surface area is 199 Å². The highest BCUT2D eigenvalue weighted by molar-refractivity contribution is 7.97. The van der Waals surface area contributed by atoms with E-state index in [1.165, 1.54) is 14.7 Å². The molecule has 2 saturated heterocycles. The summed E-state index contributed by atoms with van der Waals surface area (Å²) in [6.07, 6.45) is 6.10. The quantitative estimate of drug-likeness (QED) is 0.370. The highest BCUT2D eigenvalue weighted by atomic mass is 32.2. The first-order valence-corrected chi connectivity index (χ1v) is 13.1. The van der Waals surface area contributed by atoms with Crippen molar-refractivity contribution in [1.29, 1.82) is 0 Å². The van der Waals surface area contributed by atoms with Crippen molar-refractivity contribution in [2.75, 3.05) is 13.2 Å². The van der Waals surface area contributed by atoms with E-state index < -0.39 is 0 Å². The number of hydrogen-bond acceptors (Lipinski definition) is 4. The lowest BCUT2D eigenvalue weighted by Crippen LogP contribution is -2.25. The summed E-state index contributed by atoms with van der Waals surface area (Å²) >= 11 is 0. The third-order valence-corrected chi connectivity index (χ3v) is 8.07. The molecule has 2 atom stereocenters. The summed E-state index contributed by atoms with van der Waals surface area (Å²) < 4.78 is 23.9. The van der Waals surface area contributed by atoms with Gasteiger partial charge in [0, 0.05) is 25.0 Å². The van der Waals surface area contributed by atoms with Crippen molar-refractivity contribution in [1.82, 2.24) is 0 Å². The van der Waals surface area contributed by atoms with Gasteiger partial charge >= 0.3 is 0 Å². The second-order valence-corrected chi connectivity index (χ2v) is 10.4. The molecule has 33 heavy (non-hydrogen) atoms. The highest BCUT2D eigenvalue weighted by Gasteiger charge is 2.30. The Balaban J connectivity index is 1.43. The van der Waals surface area contributed by atoms with E-state index >= 15 is 0 Å². The SMILES string of the molecule is c1ccc([S+](c2cccc(OC3CCCCO3)c2)c2cccc(OC3CCCCO3)c2)cc1. The molecule has 3 aromatic rings. The van der Waals surface area contributed by atoms with E-state index in [4.69, 9.17) is 18.9 Å². The van der Waals surface area contributed by atoms with Crippen molar-refractivity contribution >= 4 is 10.9 Å². The molecule has 0 saturated carbocycles. The molecule has 2 fully saturated rings. The molecule has 4 nitrogen and oxygen atoms in total. The van der Waals surface area contributed by atoms with Crippen molar-refractivity contribution in [3.63, 3.8) is 0 Å². The second kappa shape index (κ2) is 11.1. The third kappa shape index (κ3) is 5.91. The smallest absolute Gasteiger partial charge is 0.199 e. The molecule has 3 aromatic carbocycles. The van der Waals surface area contributed by atoms with Gasteiger partial charge < -0.3 is 18.9 Å². The van der Waals surface area contributed by atoms with Crippen molar-refractivity contribution in [2.45, 2.75) is 65.8 Å². The minimum Gasteiger partial charge on any atom is -0.465 e. The van der Waals surface area contributed by atoms with Gasteiger partial charge in [-0.2, -0.15) is 0 Å². The maximum absolute atomic E-state index is 6.18. The molecule has 5 rings (SSSR count). The van der Waals surface area contributed by atoms with E-state index in [0.29, 0.717) is 0 Å². The number of benzene rings is 3. The van der Waals surface area contributed by atoms with Crippen LogP contribution in [0.3, 0.4) is 0 Å². The molecule has 0 radical (unpaired) electrons. The molecule has 2 aliphatic heterocycles. The van der Waals surface area contributed by atoms with Crippen LogP contribution in [0.4, 0.5) is 0 Å². The Morgan fingerprint density at radius 1 is 0.576 bits per heavy atom. The fraction of sp³-hybridized carbons (Fsp3) is 0.357. The van der Waals surface area contributed by atoms with Gasteiger partial charge in [0.25, 0.3) is 0 Å². The molecular formula is C28H31O4S+. The first kappa shape index (κ1) is 22.3. The van der Waals surface area contributed by atoms with Crippen molar-refractivity contribution in [2.24, 2.45) is 0 Å². The summed E-state index contributed by atoms with van der Waals surface area (Å²) in [5, 5.41) is 0. The monoisotopic (exact) mass is 463 g/mol. The third-order valence-electron chi connectivity index (χ3n) is 5.87. The topological polar surface area (TPSA) is 36.9 Å². The maximum Gasteiger partial charge on any atom is 0.199 e. The zero-order chi connectivity index (χ0) is 22.3. The van der Waals surface area contributed by atoms with Gasteiger partial charge in [-0.15, -0.1) is 0 Å². The van der Waals surface area contributed by atoms with Gasteiger partial charge in [0.1, 0.15) is 11.5 Å². The summed E-state index contributed by atoms with van der Waals surface area (Å²) in [4.78, 5) is 3.68. The average Bonchev–Trinajstić information content (AvgIpc) is 2.87. The lowest BCUT2D eigenvalue weighted by molar-refractivity contribution is -0.106. The standard InChI is InChI=1S/C28H31O4S/c1-2-12-24(13-3-1)33(25-14-8-10-22(20-25)31-27-16-4-6-18-29-27)26-15-9-11-23(21-26)32-28-17-5-7-19-30-28/h1-3,8-15,20-21,27-28H,4-7,16-19H2/q+1. The van der Waals surface area contributed by atoms with Gasteiger partial charge in [0.15, 0.2) is 27.3 Å². The van der Waals surface area contributed by atoms with Crippen LogP contribution in [0.5, 0.6) is 11.5 Å². The highest BCUT2D eigenvalue weighted by Crippen LogP contribution is 2.35. The predicted molar refractivity (Wildman–Crippen MR) is 130 cm³/mol. The first-order valence-electron chi connectivity index (χ1n) is 11.9. The molecule has 2 unspecified atom stereocenters. The lowest BCUT2D eigenvalue weighted by atomic mass is 10.2. The molecule has 2 aliphatic rings. The minimum absolute atomic E-state index is 0.153. The fourth-order valence-corrected chi connectivity index (χ4v) is 6.37. The summed E-state index contributed by atoms with van der Waals surface area (Å²) in [7, 11) is -0.290. The van der Waals surface area contributed by atoms with Crippen LogP contribution < -0.4 is 9.47 Å².